The number of hydrogen-bond donors (Lipinski definition) is 0. The molecular formula is C14H12FN3. The molecule has 2 heterocycles. The van der Waals surface area contributed by atoms with Gasteiger partial charge in [-0.25, -0.2) is 14.4 Å². The maximum atomic E-state index is 12.8. The Kier molecular flexibility index (Phi) is 2.55. The zero-order chi connectivity index (χ0) is 12.5. The molecular weight excluding hydrogens is 229 g/mol. The highest BCUT2D eigenvalue weighted by molar-refractivity contribution is 5.71. The van der Waals surface area contributed by atoms with Gasteiger partial charge in [-0.05, 0) is 29.8 Å². The third-order valence-corrected chi connectivity index (χ3v) is 3.00. The summed E-state index contributed by atoms with van der Waals surface area (Å²) in [7, 11) is 1.95. The topological polar surface area (TPSA) is 30.7 Å². The van der Waals surface area contributed by atoms with Crippen LogP contribution in [0, 0.1) is 5.82 Å². The van der Waals surface area contributed by atoms with E-state index in [0.29, 0.717) is 6.42 Å². The molecule has 3 rings (SSSR count). The van der Waals surface area contributed by atoms with Gasteiger partial charge in [0.05, 0.1) is 0 Å². The monoisotopic (exact) mass is 241 g/mol. The van der Waals surface area contributed by atoms with Gasteiger partial charge in [-0.15, -0.1) is 0 Å². The van der Waals surface area contributed by atoms with Gasteiger partial charge in [0.25, 0.3) is 0 Å². The summed E-state index contributed by atoms with van der Waals surface area (Å²) < 4.78 is 14.8. The van der Waals surface area contributed by atoms with Crippen LogP contribution >= 0.6 is 0 Å². The number of rotatable bonds is 2. The summed E-state index contributed by atoms with van der Waals surface area (Å²) in [4.78, 5) is 8.83. The van der Waals surface area contributed by atoms with E-state index in [1.807, 2.05) is 23.7 Å². The number of nitrogens with zero attached hydrogens (tertiary/aromatic N) is 3. The molecule has 3 nitrogen and oxygen atoms in total. The molecule has 3 aromatic rings. The second-order valence-corrected chi connectivity index (χ2v) is 4.24. The van der Waals surface area contributed by atoms with E-state index >= 15 is 0 Å². The van der Waals surface area contributed by atoms with Crippen molar-refractivity contribution < 1.29 is 4.39 Å². The zero-order valence-electron chi connectivity index (χ0n) is 9.97. The second kappa shape index (κ2) is 4.22. The summed E-state index contributed by atoms with van der Waals surface area (Å²) in [6.45, 7) is 0. The number of aryl methyl sites for hydroxylation is 1. The highest BCUT2D eigenvalue weighted by Crippen LogP contribution is 2.15. The number of pyridine rings is 1. The number of hydrogen-bond acceptors (Lipinski definition) is 2. The van der Waals surface area contributed by atoms with Crippen LogP contribution in [0.15, 0.2) is 42.6 Å². The van der Waals surface area contributed by atoms with Crippen LogP contribution in [0.1, 0.15) is 11.4 Å². The molecule has 0 saturated heterocycles. The van der Waals surface area contributed by atoms with Crippen molar-refractivity contribution in [3.05, 3.63) is 59.8 Å². The molecule has 0 atom stereocenters. The van der Waals surface area contributed by atoms with Gasteiger partial charge in [0, 0.05) is 19.7 Å². The Hall–Kier alpha value is -2.23. The Morgan fingerprint density at radius 2 is 1.94 bits per heavy atom. The van der Waals surface area contributed by atoms with Crippen LogP contribution in [-0.2, 0) is 13.5 Å². The fourth-order valence-corrected chi connectivity index (χ4v) is 2.01. The quantitative estimate of drug-likeness (QED) is 0.690. The molecule has 0 radical (unpaired) electrons. The third-order valence-electron chi connectivity index (χ3n) is 3.00. The molecule has 0 saturated carbocycles. The molecule has 0 aliphatic heterocycles. The molecule has 2 aromatic heterocycles. The van der Waals surface area contributed by atoms with Crippen molar-refractivity contribution >= 4 is 11.2 Å². The minimum Gasteiger partial charge on any atom is -0.316 e. The Morgan fingerprint density at radius 1 is 1.17 bits per heavy atom. The van der Waals surface area contributed by atoms with Crippen LogP contribution in [0.5, 0.6) is 0 Å². The first-order valence-electron chi connectivity index (χ1n) is 5.75. The van der Waals surface area contributed by atoms with Gasteiger partial charge >= 0.3 is 0 Å². The number of fused-ring (bicyclic) bond motifs is 1. The van der Waals surface area contributed by atoms with Crippen molar-refractivity contribution in [2.45, 2.75) is 6.42 Å². The van der Waals surface area contributed by atoms with Crippen LogP contribution in [0.4, 0.5) is 4.39 Å². The van der Waals surface area contributed by atoms with E-state index in [2.05, 4.69) is 9.97 Å². The number of benzene rings is 1. The Morgan fingerprint density at radius 3 is 2.67 bits per heavy atom. The molecule has 0 aliphatic rings. The van der Waals surface area contributed by atoms with Crippen molar-refractivity contribution in [2.75, 3.05) is 0 Å². The van der Waals surface area contributed by atoms with Gasteiger partial charge in [0.1, 0.15) is 17.2 Å². The summed E-state index contributed by atoms with van der Waals surface area (Å²) in [6, 6.07) is 10.3. The Labute approximate surface area is 104 Å². The van der Waals surface area contributed by atoms with Crippen LogP contribution < -0.4 is 0 Å². The fourth-order valence-electron chi connectivity index (χ4n) is 2.01. The molecule has 0 spiro atoms. The molecule has 4 heteroatoms. The molecule has 0 unspecified atom stereocenters. The smallest absolute Gasteiger partial charge is 0.159 e. The molecule has 0 fully saturated rings. The molecule has 90 valence electrons. The van der Waals surface area contributed by atoms with Crippen LogP contribution in [0.2, 0.25) is 0 Å². The summed E-state index contributed by atoms with van der Waals surface area (Å²) >= 11 is 0. The minimum absolute atomic E-state index is 0.217. The largest absolute Gasteiger partial charge is 0.316 e. The lowest BCUT2D eigenvalue weighted by Gasteiger charge is -2.02. The van der Waals surface area contributed by atoms with E-state index in [-0.39, 0.29) is 5.82 Å². The molecule has 18 heavy (non-hydrogen) atoms. The van der Waals surface area contributed by atoms with Gasteiger partial charge in [-0.1, -0.05) is 12.1 Å². The first-order valence-corrected chi connectivity index (χ1v) is 5.75. The molecule has 0 bridgehead atoms. The lowest BCUT2D eigenvalue weighted by Crippen LogP contribution is -1.99. The number of imidazole rings is 1. The van der Waals surface area contributed by atoms with E-state index in [0.717, 1.165) is 22.6 Å². The van der Waals surface area contributed by atoms with Crippen molar-refractivity contribution in [2.24, 2.45) is 7.05 Å². The van der Waals surface area contributed by atoms with Crippen LogP contribution in [-0.4, -0.2) is 14.5 Å². The highest BCUT2D eigenvalue weighted by atomic mass is 19.1. The van der Waals surface area contributed by atoms with Crippen LogP contribution in [0.3, 0.4) is 0 Å². The van der Waals surface area contributed by atoms with E-state index in [9.17, 15) is 4.39 Å². The van der Waals surface area contributed by atoms with E-state index in [1.54, 1.807) is 18.3 Å². The minimum atomic E-state index is -0.217. The average molecular weight is 241 g/mol. The van der Waals surface area contributed by atoms with Crippen molar-refractivity contribution in [3.8, 4) is 0 Å². The predicted molar refractivity (Wildman–Crippen MR) is 67.7 cm³/mol. The standard InChI is InChI=1S/C14H12FN3/c1-18-13(9-10-4-6-11(15)7-5-10)17-12-3-2-8-16-14(12)18/h2-8H,9H2,1H3. The molecule has 0 amide bonds. The number of aromatic nitrogens is 3. The molecule has 0 N–H and O–H groups in total. The first-order chi connectivity index (χ1) is 8.74. The number of halogens is 1. The van der Waals surface area contributed by atoms with Gasteiger partial charge in [0.2, 0.25) is 0 Å². The lowest BCUT2D eigenvalue weighted by molar-refractivity contribution is 0.627. The fraction of sp³-hybridized carbons (Fsp3) is 0.143. The average Bonchev–Trinajstić information content (AvgIpc) is 2.70. The Bertz CT molecular complexity index is 686. The second-order valence-electron chi connectivity index (χ2n) is 4.24. The molecule has 1 aromatic carbocycles. The maximum Gasteiger partial charge on any atom is 0.159 e. The summed E-state index contributed by atoms with van der Waals surface area (Å²) in [5, 5.41) is 0. The van der Waals surface area contributed by atoms with Crippen molar-refractivity contribution in [1.29, 1.82) is 0 Å². The van der Waals surface area contributed by atoms with Gasteiger partial charge in [-0.3, -0.25) is 0 Å². The van der Waals surface area contributed by atoms with Crippen molar-refractivity contribution in [1.82, 2.24) is 14.5 Å². The van der Waals surface area contributed by atoms with E-state index in [4.69, 9.17) is 0 Å². The third kappa shape index (κ3) is 1.86. The SMILES string of the molecule is Cn1c(Cc2ccc(F)cc2)nc2cccnc21. The van der Waals surface area contributed by atoms with Gasteiger partial charge in [0.15, 0.2) is 5.65 Å². The van der Waals surface area contributed by atoms with Crippen LogP contribution in [0.25, 0.3) is 11.2 Å². The normalized spacial score (nSPS) is 11.0. The van der Waals surface area contributed by atoms with Crippen molar-refractivity contribution in [3.63, 3.8) is 0 Å². The summed E-state index contributed by atoms with van der Waals surface area (Å²) in [5.41, 5.74) is 2.79. The van der Waals surface area contributed by atoms with E-state index in [1.165, 1.54) is 12.1 Å². The maximum absolute atomic E-state index is 12.8. The predicted octanol–water partition coefficient (Wildman–Crippen LogP) is 2.70. The van der Waals surface area contributed by atoms with Gasteiger partial charge in [-0.2, -0.15) is 0 Å². The lowest BCUT2D eigenvalue weighted by atomic mass is 10.1. The van der Waals surface area contributed by atoms with Gasteiger partial charge < -0.3 is 4.57 Å². The summed E-state index contributed by atoms with van der Waals surface area (Å²) in [5.74, 6) is 0.709. The van der Waals surface area contributed by atoms with E-state index < -0.39 is 0 Å². The highest BCUT2D eigenvalue weighted by Gasteiger charge is 2.08. The molecule has 0 aliphatic carbocycles. The summed E-state index contributed by atoms with van der Waals surface area (Å²) in [6.07, 6.45) is 2.43. The Balaban J connectivity index is 1.99. The zero-order valence-corrected chi connectivity index (χ0v) is 9.97. The first kappa shape index (κ1) is 10.9.